The third kappa shape index (κ3) is 7.10. The van der Waals surface area contributed by atoms with Gasteiger partial charge in [0.15, 0.2) is 6.61 Å². The normalized spacial score (nSPS) is 22.9. The van der Waals surface area contributed by atoms with E-state index in [-0.39, 0.29) is 35.8 Å². The van der Waals surface area contributed by atoms with Crippen molar-refractivity contribution in [3.8, 4) is 5.75 Å². The van der Waals surface area contributed by atoms with E-state index in [0.29, 0.717) is 28.8 Å². The van der Waals surface area contributed by atoms with Crippen molar-refractivity contribution in [3.63, 3.8) is 0 Å². The van der Waals surface area contributed by atoms with Crippen molar-refractivity contribution in [2.45, 2.75) is 64.9 Å². The van der Waals surface area contributed by atoms with E-state index in [1.807, 2.05) is 19.1 Å². The maximum Gasteiger partial charge on any atom is 0.339 e. The number of esters is 1. The van der Waals surface area contributed by atoms with Crippen LogP contribution in [0.1, 0.15) is 66.9 Å². The number of phenols is 1. The summed E-state index contributed by atoms with van der Waals surface area (Å²) in [5, 5.41) is 14.6. The molecule has 184 valence electrons. The van der Waals surface area contributed by atoms with Gasteiger partial charge in [0.2, 0.25) is 0 Å². The standard InChI is InChI=1S/C26H33ClN2O5/c1-18-15-22(30)25(27)21-16-20(28-33-17-23(31)29-13-9-6-10-14-29)12-8-5-3-4-7-11-19(2)34-26(32)24(18)21/h4,7-8,12,15,19,30H,3,5-6,9-11,13-14,16-17H2,1-2H3/b7-4+,12-8+,28-20+/t19-/m1/s1. The van der Waals surface area contributed by atoms with Crippen LogP contribution in [0.15, 0.2) is 35.5 Å². The van der Waals surface area contributed by atoms with E-state index >= 15 is 0 Å². The summed E-state index contributed by atoms with van der Waals surface area (Å²) in [6, 6.07) is 1.45. The lowest BCUT2D eigenvalue weighted by Crippen LogP contribution is -2.37. The molecule has 8 heteroatoms. The molecule has 0 spiro atoms. The Hall–Kier alpha value is -2.80. The number of carbonyl (C=O) groups excluding carboxylic acids is 2. The Balaban J connectivity index is 1.88. The molecule has 3 rings (SSSR count). The van der Waals surface area contributed by atoms with Gasteiger partial charge in [-0.3, -0.25) is 4.79 Å². The fourth-order valence-corrected chi connectivity index (χ4v) is 4.32. The number of rotatable bonds is 3. The molecule has 34 heavy (non-hydrogen) atoms. The van der Waals surface area contributed by atoms with Crippen LogP contribution in [0.3, 0.4) is 0 Å². The quantitative estimate of drug-likeness (QED) is 0.362. The van der Waals surface area contributed by atoms with E-state index in [0.717, 1.165) is 45.2 Å². The first kappa shape index (κ1) is 25.8. The fraction of sp³-hybridized carbons (Fsp3) is 0.500. The minimum Gasteiger partial charge on any atom is -0.506 e. The van der Waals surface area contributed by atoms with E-state index in [1.54, 1.807) is 17.9 Å². The first-order valence-electron chi connectivity index (χ1n) is 11.9. The largest absolute Gasteiger partial charge is 0.506 e. The number of likely N-dealkylation sites (tertiary alicyclic amines) is 1. The van der Waals surface area contributed by atoms with Crippen molar-refractivity contribution < 1.29 is 24.3 Å². The molecule has 1 saturated heterocycles. The molecule has 0 aliphatic carbocycles. The third-order valence-electron chi connectivity index (χ3n) is 5.93. The minimum absolute atomic E-state index is 0.0719. The van der Waals surface area contributed by atoms with Crippen LogP contribution in [-0.2, 0) is 20.8 Å². The smallest absolute Gasteiger partial charge is 0.339 e. The van der Waals surface area contributed by atoms with Gasteiger partial charge in [-0.1, -0.05) is 35.0 Å². The number of carbonyl (C=O) groups is 2. The Bertz CT molecular complexity index is 980. The van der Waals surface area contributed by atoms with E-state index in [2.05, 4.69) is 11.2 Å². The lowest BCUT2D eigenvalue weighted by molar-refractivity contribution is -0.137. The molecule has 2 heterocycles. The van der Waals surface area contributed by atoms with Gasteiger partial charge in [0, 0.05) is 25.9 Å². The molecule has 1 atom stereocenters. The topological polar surface area (TPSA) is 88.4 Å². The number of cyclic esters (lactones) is 1. The van der Waals surface area contributed by atoms with Crippen molar-refractivity contribution in [2.24, 2.45) is 5.16 Å². The molecule has 0 saturated carbocycles. The first-order chi connectivity index (χ1) is 16.4. The second-order valence-corrected chi connectivity index (χ2v) is 9.14. The molecule has 1 aromatic rings. The number of piperidine rings is 1. The second kappa shape index (κ2) is 12.6. The average molecular weight is 489 g/mol. The van der Waals surface area contributed by atoms with Gasteiger partial charge in [-0.05, 0) is 69.2 Å². The van der Waals surface area contributed by atoms with E-state index in [4.69, 9.17) is 21.2 Å². The summed E-state index contributed by atoms with van der Waals surface area (Å²) in [5.41, 5.74) is 1.77. The highest BCUT2D eigenvalue weighted by Crippen LogP contribution is 2.34. The summed E-state index contributed by atoms with van der Waals surface area (Å²) in [6.07, 6.45) is 13.0. The van der Waals surface area contributed by atoms with Crippen molar-refractivity contribution in [1.29, 1.82) is 0 Å². The van der Waals surface area contributed by atoms with Crippen LogP contribution in [0.2, 0.25) is 5.02 Å². The van der Waals surface area contributed by atoms with Gasteiger partial charge in [-0.15, -0.1) is 0 Å². The van der Waals surface area contributed by atoms with Gasteiger partial charge in [-0.2, -0.15) is 0 Å². The number of fused-ring (bicyclic) bond motifs is 1. The number of amides is 1. The van der Waals surface area contributed by atoms with Crippen molar-refractivity contribution >= 4 is 29.2 Å². The van der Waals surface area contributed by atoms with Gasteiger partial charge in [0.25, 0.3) is 5.91 Å². The molecule has 2 aliphatic heterocycles. The highest BCUT2D eigenvalue weighted by atomic mass is 35.5. The number of hydrogen-bond donors (Lipinski definition) is 1. The molecule has 0 radical (unpaired) electrons. The van der Waals surface area contributed by atoms with Gasteiger partial charge >= 0.3 is 5.97 Å². The summed E-state index contributed by atoms with van der Waals surface area (Å²) >= 11 is 6.44. The van der Waals surface area contributed by atoms with Crippen molar-refractivity contribution in [2.75, 3.05) is 19.7 Å². The van der Waals surface area contributed by atoms with Crippen LogP contribution in [0.4, 0.5) is 0 Å². The first-order valence-corrected chi connectivity index (χ1v) is 12.2. The molecular weight excluding hydrogens is 456 g/mol. The van der Waals surface area contributed by atoms with Crippen molar-refractivity contribution in [1.82, 2.24) is 4.90 Å². The summed E-state index contributed by atoms with van der Waals surface area (Å²) in [5.74, 6) is -0.715. The summed E-state index contributed by atoms with van der Waals surface area (Å²) in [7, 11) is 0. The monoisotopic (exact) mass is 488 g/mol. The Morgan fingerprint density at radius 1 is 1.24 bits per heavy atom. The molecule has 1 fully saturated rings. The molecule has 2 aliphatic rings. The van der Waals surface area contributed by atoms with Gasteiger partial charge in [-0.25, -0.2) is 4.79 Å². The zero-order valence-corrected chi connectivity index (χ0v) is 20.6. The van der Waals surface area contributed by atoms with Crippen LogP contribution < -0.4 is 0 Å². The predicted molar refractivity (Wildman–Crippen MR) is 132 cm³/mol. The predicted octanol–water partition coefficient (Wildman–Crippen LogP) is 5.12. The Morgan fingerprint density at radius 2 is 1.97 bits per heavy atom. The maximum atomic E-state index is 13.0. The Morgan fingerprint density at radius 3 is 2.74 bits per heavy atom. The highest BCUT2D eigenvalue weighted by molar-refractivity contribution is 6.33. The number of aromatic hydroxyl groups is 1. The third-order valence-corrected chi connectivity index (χ3v) is 6.35. The summed E-state index contributed by atoms with van der Waals surface area (Å²) in [4.78, 5) is 32.7. The number of aryl methyl sites for hydroxylation is 1. The number of benzene rings is 1. The van der Waals surface area contributed by atoms with E-state index in [1.165, 1.54) is 6.07 Å². The minimum atomic E-state index is -0.503. The van der Waals surface area contributed by atoms with Crippen LogP contribution in [0, 0.1) is 6.92 Å². The van der Waals surface area contributed by atoms with Crippen LogP contribution >= 0.6 is 11.6 Å². The number of hydrogen-bond acceptors (Lipinski definition) is 6. The molecule has 1 N–H and O–H groups in total. The van der Waals surface area contributed by atoms with Gasteiger partial charge in [0.1, 0.15) is 11.9 Å². The fourth-order valence-electron chi connectivity index (χ4n) is 4.11. The molecule has 7 nitrogen and oxygen atoms in total. The zero-order chi connectivity index (χ0) is 24.5. The Kier molecular flexibility index (Phi) is 9.57. The lowest BCUT2D eigenvalue weighted by Gasteiger charge is -2.26. The van der Waals surface area contributed by atoms with Gasteiger partial charge < -0.3 is 19.6 Å². The number of oxime groups is 1. The van der Waals surface area contributed by atoms with Gasteiger partial charge in [0.05, 0.1) is 16.3 Å². The van der Waals surface area contributed by atoms with Crippen LogP contribution in [0.5, 0.6) is 5.75 Å². The van der Waals surface area contributed by atoms with Crippen LogP contribution in [-0.4, -0.2) is 53.4 Å². The summed E-state index contributed by atoms with van der Waals surface area (Å²) < 4.78 is 5.64. The SMILES string of the molecule is Cc1cc(O)c(Cl)c2c1C(=O)O[C@H](C)C/C=C/CC/C=C/C(=N\OCC(=O)N1CCCCC1)C2. The summed E-state index contributed by atoms with van der Waals surface area (Å²) in [6.45, 7) is 4.90. The molecule has 1 amide bonds. The maximum absolute atomic E-state index is 13.0. The molecular formula is C26H33ClN2O5. The lowest BCUT2D eigenvalue weighted by atomic mass is 9.96. The number of allylic oxidation sites excluding steroid dienone is 3. The average Bonchev–Trinajstić information content (AvgIpc) is 2.81. The van der Waals surface area contributed by atoms with E-state index < -0.39 is 5.97 Å². The Labute approximate surface area is 206 Å². The molecule has 1 aromatic carbocycles. The molecule has 0 unspecified atom stereocenters. The number of halogens is 1. The van der Waals surface area contributed by atoms with Crippen molar-refractivity contribution in [3.05, 3.63) is 52.1 Å². The molecule has 0 bridgehead atoms. The highest BCUT2D eigenvalue weighted by Gasteiger charge is 2.24. The molecule has 0 aromatic heterocycles. The number of ether oxygens (including phenoxy) is 1. The second-order valence-electron chi connectivity index (χ2n) is 8.76. The zero-order valence-electron chi connectivity index (χ0n) is 19.9. The number of phenolic OH excluding ortho intramolecular Hbond substituents is 1. The van der Waals surface area contributed by atoms with E-state index in [9.17, 15) is 14.7 Å². The number of nitrogens with zero attached hydrogens (tertiary/aromatic N) is 2. The van der Waals surface area contributed by atoms with Crippen LogP contribution in [0.25, 0.3) is 0 Å².